The van der Waals surface area contributed by atoms with E-state index in [9.17, 15) is 0 Å². The summed E-state index contributed by atoms with van der Waals surface area (Å²) in [6.45, 7) is 9.14. The fourth-order valence-corrected chi connectivity index (χ4v) is 6.17. The van der Waals surface area contributed by atoms with Crippen LogP contribution in [0.3, 0.4) is 0 Å². The second kappa shape index (κ2) is 11.5. The van der Waals surface area contributed by atoms with Crippen molar-refractivity contribution in [1.29, 1.82) is 0 Å². The average Bonchev–Trinajstić information content (AvgIpc) is 3.08. The van der Waals surface area contributed by atoms with Crippen molar-refractivity contribution >= 4 is 41.2 Å². The normalized spacial score (nSPS) is 15.6. The van der Waals surface area contributed by atoms with E-state index in [1.54, 1.807) is 0 Å². The largest absolute Gasteiger partial charge is 0.147 e. The summed E-state index contributed by atoms with van der Waals surface area (Å²) in [7, 11) is 0. The van der Waals surface area contributed by atoms with E-state index < -0.39 is 5.60 Å². The molecule has 0 N–H and O–H groups in total. The van der Waals surface area contributed by atoms with E-state index in [1.165, 1.54) is 44.2 Å². The van der Waals surface area contributed by atoms with Crippen molar-refractivity contribution in [2.24, 2.45) is 5.92 Å². The fourth-order valence-electron chi connectivity index (χ4n) is 5.64. The van der Waals surface area contributed by atoms with Crippen LogP contribution in [0, 0.1) is 5.92 Å². The quantitative estimate of drug-likeness (QED) is 0.178. The van der Waals surface area contributed by atoms with E-state index in [1.807, 2.05) is 20.8 Å². The van der Waals surface area contributed by atoms with Crippen LogP contribution in [-0.2, 0) is 29.7 Å². The molecular formula is C32H31Cl2OTi. The maximum atomic E-state index is 6.69. The summed E-state index contributed by atoms with van der Waals surface area (Å²) in [6.07, 6.45) is 0. The first kappa shape index (κ1) is 28.4. The van der Waals surface area contributed by atoms with Gasteiger partial charge in [-0.05, 0) is 0 Å². The molecule has 183 valence electrons. The third-order valence-electron chi connectivity index (χ3n) is 7.73. The third-order valence-corrected chi connectivity index (χ3v) is 8.20. The number of benzene rings is 4. The van der Waals surface area contributed by atoms with Crippen molar-refractivity contribution in [2.75, 3.05) is 0 Å². The van der Waals surface area contributed by atoms with Gasteiger partial charge in [-0.15, -0.1) is 24.8 Å². The number of hydrogen-bond acceptors (Lipinski definition) is 1. The van der Waals surface area contributed by atoms with Crippen LogP contribution in [-0.4, -0.2) is 0 Å². The topological polar surface area (TPSA) is 9.23 Å². The minimum Gasteiger partial charge on any atom is -0.147 e. The van der Waals surface area contributed by atoms with Gasteiger partial charge in [-0.3, -0.25) is 0 Å². The van der Waals surface area contributed by atoms with Crippen LogP contribution in [0.2, 0.25) is 0 Å². The predicted octanol–water partition coefficient (Wildman–Crippen LogP) is 9.21. The van der Waals surface area contributed by atoms with Gasteiger partial charge in [0.2, 0.25) is 0 Å². The molecular weight excluding hydrogens is 519 g/mol. The van der Waals surface area contributed by atoms with Crippen molar-refractivity contribution in [1.82, 2.24) is 0 Å². The molecule has 1 aliphatic rings. The zero-order valence-corrected chi connectivity index (χ0v) is 24.2. The number of halogens is 2. The molecule has 0 amide bonds. The first-order chi connectivity index (χ1) is 16.5. The molecule has 0 saturated carbocycles. The maximum Gasteiger partial charge on any atom is -0.147 e. The number of hydrogen-bond donors (Lipinski definition) is 0. The van der Waals surface area contributed by atoms with Crippen molar-refractivity contribution in [2.45, 2.75) is 33.3 Å². The molecule has 1 nitrogen and oxygen atoms in total. The Labute approximate surface area is 239 Å². The van der Waals surface area contributed by atoms with Gasteiger partial charge in [-0.1, -0.05) is 0 Å². The predicted molar refractivity (Wildman–Crippen MR) is 152 cm³/mol. The first-order valence-corrected chi connectivity index (χ1v) is 12.5. The van der Waals surface area contributed by atoms with Gasteiger partial charge in [-0.2, -0.15) is 0 Å². The van der Waals surface area contributed by atoms with Crippen LogP contribution in [0.4, 0.5) is 0 Å². The summed E-state index contributed by atoms with van der Waals surface area (Å²) in [6, 6.07) is 34.6. The molecule has 4 heteroatoms. The smallest absolute Gasteiger partial charge is 0.147 e. The Balaban J connectivity index is 0.00000180. The summed E-state index contributed by atoms with van der Waals surface area (Å²) in [5.41, 5.74) is 9.65. The van der Waals surface area contributed by atoms with E-state index in [0.717, 1.165) is 11.1 Å². The fraction of sp³-hybridized carbons (Fsp3) is 0.188. The van der Waals surface area contributed by atoms with Crippen LogP contribution in [0.25, 0.3) is 16.3 Å². The molecule has 0 heterocycles. The van der Waals surface area contributed by atoms with Crippen LogP contribution < -0.4 is 0 Å². The van der Waals surface area contributed by atoms with E-state index in [0.29, 0.717) is 5.92 Å². The Bertz CT molecular complexity index is 1390. The Hall–Kier alpha value is -2.13. The molecule has 1 atom stereocenters. The molecule has 36 heavy (non-hydrogen) atoms. The molecule has 0 saturated heterocycles. The maximum absolute atomic E-state index is 6.69. The van der Waals surface area contributed by atoms with Gasteiger partial charge in [-0.25, -0.2) is 0 Å². The van der Waals surface area contributed by atoms with Crippen molar-refractivity contribution in [3.8, 4) is 0 Å². The molecule has 0 fully saturated rings. The summed E-state index contributed by atoms with van der Waals surface area (Å²) >= 11 is 1.85. The number of allylic oxidation sites excluding steroid dienone is 4. The van der Waals surface area contributed by atoms with Gasteiger partial charge in [0.25, 0.3) is 0 Å². The second-order valence-corrected chi connectivity index (χ2v) is 9.61. The number of fused-ring (bicyclic) bond motifs is 1. The Morgan fingerprint density at radius 2 is 1.19 bits per heavy atom. The van der Waals surface area contributed by atoms with Gasteiger partial charge in [0, 0.05) is 0 Å². The summed E-state index contributed by atoms with van der Waals surface area (Å²) in [5.74, 6) is 0.362. The zero-order chi connectivity index (χ0) is 23.9. The van der Waals surface area contributed by atoms with Crippen molar-refractivity contribution in [3.05, 3.63) is 136 Å². The van der Waals surface area contributed by atoms with Gasteiger partial charge in [0.15, 0.2) is 0 Å². The van der Waals surface area contributed by atoms with E-state index >= 15 is 0 Å². The third kappa shape index (κ3) is 4.42. The molecule has 0 radical (unpaired) electrons. The zero-order valence-electron chi connectivity index (χ0n) is 21.0. The molecule has 0 aromatic heterocycles. The Morgan fingerprint density at radius 3 is 1.69 bits per heavy atom. The van der Waals surface area contributed by atoms with E-state index in [4.69, 9.17) is 3.32 Å². The van der Waals surface area contributed by atoms with Crippen LogP contribution in [0.5, 0.6) is 0 Å². The van der Waals surface area contributed by atoms with Crippen LogP contribution in [0.1, 0.15) is 49.9 Å². The second-order valence-electron chi connectivity index (χ2n) is 9.29. The molecule has 4 aromatic rings. The summed E-state index contributed by atoms with van der Waals surface area (Å²) < 4.78 is 6.69. The van der Waals surface area contributed by atoms with Crippen LogP contribution >= 0.6 is 24.8 Å². The van der Waals surface area contributed by atoms with Crippen molar-refractivity contribution < 1.29 is 24.1 Å². The summed E-state index contributed by atoms with van der Waals surface area (Å²) in [5, 5.41) is 2.45. The van der Waals surface area contributed by atoms with Gasteiger partial charge in [0.1, 0.15) is 0 Å². The standard InChI is InChI=1S/C32H29O.2ClH.Ti/c1-21-22(2)24(4)30(23(21)3)29-20-19-25-13-11-12-18-28(25)31(29)32(33,26-14-7-5-8-15-26)27-16-9-6-10-17-27;;;/h5-20,23H,1-4H3;2*1H;/q-1;;;+1. The SMILES string of the molecule is CC1=C(C)C(C)C(c2ccc3ccccc3c2C([O][Ti])(c2ccccc2)c2ccccc2)=C1C.Cl.Cl. The van der Waals surface area contributed by atoms with Crippen LogP contribution in [0.15, 0.2) is 114 Å². The molecule has 5 rings (SSSR count). The van der Waals surface area contributed by atoms with E-state index in [-0.39, 0.29) is 24.8 Å². The number of rotatable bonds is 5. The van der Waals surface area contributed by atoms with Gasteiger partial charge < -0.3 is 0 Å². The molecule has 4 aromatic carbocycles. The molecule has 0 bridgehead atoms. The summed E-state index contributed by atoms with van der Waals surface area (Å²) in [4.78, 5) is 0. The van der Waals surface area contributed by atoms with Gasteiger partial charge in [0.05, 0.1) is 0 Å². The minimum absolute atomic E-state index is 0. The monoisotopic (exact) mass is 549 g/mol. The average molecular weight is 550 g/mol. The minimum atomic E-state index is -0.754. The molecule has 0 aliphatic heterocycles. The van der Waals surface area contributed by atoms with E-state index in [2.05, 4.69) is 125 Å². The Kier molecular flexibility index (Phi) is 9.09. The molecule has 1 unspecified atom stereocenters. The molecule has 1 aliphatic carbocycles. The molecule has 0 spiro atoms. The first-order valence-electron chi connectivity index (χ1n) is 11.9. The van der Waals surface area contributed by atoms with Crippen molar-refractivity contribution in [3.63, 3.8) is 0 Å². The Morgan fingerprint density at radius 1 is 0.667 bits per heavy atom. The van der Waals surface area contributed by atoms with Gasteiger partial charge >= 0.3 is 216 Å².